The van der Waals surface area contributed by atoms with E-state index < -0.39 is 0 Å². The van der Waals surface area contributed by atoms with E-state index in [1.54, 1.807) is 0 Å². The summed E-state index contributed by atoms with van der Waals surface area (Å²) in [6.07, 6.45) is 2.55. The second-order valence-electron chi connectivity index (χ2n) is 5.62. The number of fused-ring (bicyclic) bond motifs is 1. The molecule has 1 fully saturated rings. The summed E-state index contributed by atoms with van der Waals surface area (Å²) in [5.74, 6) is 0.00255. The maximum Gasteiger partial charge on any atom is 0.251 e. The lowest BCUT2D eigenvalue weighted by Gasteiger charge is -2.06. The molecule has 0 spiro atoms. The topological polar surface area (TPSA) is 56.9 Å². The summed E-state index contributed by atoms with van der Waals surface area (Å²) < 4.78 is 0. The fraction of sp³-hybridized carbons (Fsp3) is 0.438. The average Bonchev–Trinajstić information content (AvgIpc) is 3.22. The van der Waals surface area contributed by atoms with Gasteiger partial charge < -0.3 is 15.6 Å². The van der Waals surface area contributed by atoms with Gasteiger partial charge in [0.25, 0.3) is 5.91 Å². The van der Waals surface area contributed by atoms with Gasteiger partial charge in [-0.25, -0.2) is 0 Å². The molecule has 3 N–H and O–H groups in total. The average molecular weight is 271 g/mol. The number of rotatable bonds is 5. The summed E-state index contributed by atoms with van der Waals surface area (Å²) in [6, 6.07) is 6.51. The fourth-order valence-electron chi connectivity index (χ4n) is 2.44. The van der Waals surface area contributed by atoms with Crippen molar-refractivity contribution in [1.82, 2.24) is 15.6 Å². The van der Waals surface area contributed by atoms with Crippen LogP contribution in [-0.4, -0.2) is 30.0 Å². The molecule has 4 nitrogen and oxygen atoms in total. The van der Waals surface area contributed by atoms with Crippen LogP contribution in [0.2, 0.25) is 0 Å². The Kier molecular flexibility index (Phi) is 3.49. The highest BCUT2D eigenvalue weighted by molar-refractivity contribution is 5.99. The molecule has 1 aromatic carbocycles. The third-order valence-electron chi connectivity index (χ3n) is 3.99. The molecule has 0 radical (unpaired) electrons. The molecule has 0 saturated heterocycles. The summed E-state index contributed by atoms with van der Waals surface area (Å²) >= 11 is 0. The van der Waals surface area contributed by atoms with E-state index in [0.717, 1.165) is 28.7 Å². The number of H-pyrrole nitrogens is 1. The smallest absolute Gasteiger partial charge is 0.251 e. The zero-order chi connectivity index (χ0) is 14.1. The Morgan fingerprint density at radius 2 is 2.10 bits per heavy atom. The zero-order valence-corrected chi connectivity index (χ0v) is 12.0. The zero-order valence-electron chi connectivity index (χ0n) is 12.0. The van der Waals surface area contributed by atoms with Crippen molar-refractivity contribution in [2.24, 2.45) is 0 Å². The third-order valence-corrected chi connectivity index (χ3v) is 3.99. The number of carbonyl (C=O) groups excluding carboxylic acids is 1. The van der Waals surface area contributed by atoms with E-state index in [1.807, 2.05) is 18.2 Å². The lowest BCUT2D eigenvalue weighted by Crippen LogP contribution is -2.32. The summed E-state index contributed by atoms with van der Waals surface area (Å²) in [4.78, 5) is 15.4. The number of aromatic nitrogens is 1. The highest BCUT2D eigenvalue weighted by atomic mass is 16.1. The van der Waals surface area contributed by atoms with Crippen molar-refractivity contribution < 1.29 is 4.79 Å². The first kappa shape index (κ1) is 13.2. The van der Waals surface area contributed by atoms with Crippen LogP contribution in [0.1, 0.15) is 34.5 Å². The monoisotopic (exact) mass is 271 g/mol. The van der Waals surface area contributed by atoms with Crippen LogP contribution in [0.4, 0.5) is 0 Å². The maximum atomic E-state index is 12.1. The van der Waals surface area contributed by atoms with Gasteiger partial charge in [-0.05, 0) is 50.5 Å². The van der Waals surface area contributed by atoms with Crippen LogP contribution >= 0.6 is 0 Å². The number of hydrogen-bond donors (Lipinski definition) is 3. The molecule has 4 heteroatoms. The molecule has 1 aromatic heterocycles. The van der Waals surface area contributed by atoms with Crippen molar-refractivity contribution in [3.8, 4) is 0 Å². The molecule has 0 bridgehead atoms. The molecule has 1 amide bonds. The molecule has 1 saturated carbocycles. The molecule has 0 aliphatic heterocycles. The molecule has 0 atom stereocenters. The quantitative estimate of drug-likeness (QED) is 0.731. The highest BCUT2D eigenvalue weighted by Crippen LogP contribution is 2.22. The first-order valence-electron chi connectivity index (χ1n) is 7.25. The predicted octanol–water partition coefficient (Wildman–Crippen LogP) is 2.27. The number of amides is 1. The van der Waals surface area contributed by atoms with Gasteiger partial charge in [-0.2, -0.15) is 0 Å². The van der Waals surface area contributed by atoms with Gasteiger partial charge in [-0.1, -0.05) is 0 Å². The largest absolute Gasteiger partial charge is 0.358 e. The van der Waals surface area contributed by atoms with E-state index >= 15 is 0 Å². The van der Waals surface area contributed by atoms with Crippen LogP contribution in [0.25, 0.3) is 10.9 Å². The summed E-state index contributed by atoms with van der Waals surface area (Å²) in [6.45, 7) is 5.66. The minimum Gasteiger partial charge on any atom is -0.358 e. The van der Waals surface area contributed by atoms with Crippen LogP contribution in [0.5, 0.6) is 0 Å². The number of nitrogens with one attached hydrogen (secondary N) is 3. The van der Waals surface area contributed by atoms with E-state index in [9.17, 15) is 4.79 Å². The Bertz CT molecular complexity index is 640. The molecule has 20 heavy (non-hydrogen) atoms. The van der Waals surface area contributed by atoms with Crippen LogP contribution in [0.15, 0.2) is 18.2 Å². The Labute approximate surface area is 118 Å². The Hall–Kier alpha value is -1.81. The SMILES string of the molecule is Cc1[nH]c2ccc(C(=O)NCCNC3CC3)cc2c1C. The third kappa shape index (κ3) is 2.70. The van der Waals surface area contributed by atoms with Crippen LogP contribution < -0.4 is 10.6 Å². The first-order chi connectivity index (χ1) is 9.65. The van der Waals surface area contributed by atoms with Gasteiger partial charge in [0.05, 0.1) is 0 Å². The number of benzene rings is 1. The molecule has 0 unspecified atom stereocenters. The van der Waals surface area contributed by atoms with Gasteiger partial charge in [-0.3, -0.25) is 4.79 Å². The van der Waals surface area contributed by atoms with Crippen molar-refractivity contribution in [3.05, 3.63) is 35.0 Å². The van der Waals surface area contributed by atoms with E-state index in [1.165, 1.54) is 18.4 Å². The van der Waals surface area contributed by atoms with E-state index in [2.05, 4.69) is 29.5 Å². The summed E-state index contributed by atoms with van der Waals surface area (Å²) in [5.41, 5.74) is 4.19. The van der Waals surface area contributed by atoms with Gasteiger partial charge in [-0.15, -0.1) is 0 Å². The molecule has 1 aliphatic carbocycles. The van der Waals surface area contributed by atoms with E-state index in [4.69, 9.17) is 0 Å². The molecule has 106 valence electrons. The van der Waals surface area contributed by atoms with Crippen LogP contribution in [0, 0.1) is 13.8 Å². The van der Waals surface area contributed by atoms with Gasteiger partial charge in [0, 0.05) is 41.3 Å². The molecule has 1 aliphatic rings. The standard InChI is InChI=1S/C16H21N3O/c1-10-11(2)19-15-6-3-12(9-14(10)15)16(20)18-8-7-17-13-4-5-13/h3,6,9,13,17,19H,4-5,7-8H2,1-2H3,(H,18,20). The van der Waals surface area contributed by atoms with Crippen molar-refractivity contribution >= 4 is 16.8 Å². The second-order valence-corrected chi connectivity index (χ2v) is 5.62. The van der Waals surface area contributed by atoms with Gasteiger partial charge in [0.2, 0.25) is 0 Å². The Morgan fingerprint density at radius 3 is 2.85 bits per heavy atom. The number of hydrogen-bond acceptors (Lipinski definition) is 2. The summed E-state index contributed by atoms with van der Waals surface area (Å²) in [7, 11) is 0. The molecular weight excluding hydrogens is 250 g/mol. The highest BCUT2D eigenvalue weighted by Gasteiger charge is 2.19. The van der Waals surface area contributed by atoms with Crippen molar-refractivity contribution in [2.45, 2.75) is 32.7 Å². The Morgan fingerprint density at radius 1 is 1.30 bits per heavy atom. The number of carbonyl (C=O) groups is 1. The molecule has 1 heterocycles. The van der Waals surface area contributed by atoms with Crippen molar-refractivity contribution in [2.75, 3.05) is 13.1 Å². The lowest BCUT2D eigenvalue weighted by molar-refractivity contribution is 0.0954. The van der Waals surface area contributed by atoms with Crippen LogP contribution in [0.3, 0.4) is 0 Å². The predicted molar refractivity (Wildman–Crippen MR) is 81.1 cm³/mol. The van der Waals surface area contributed by atoms with E-state index in [-0.39, 0.29) is 5.91 Å². The van der Waals surface area contributed by atoms with Gasteiger partial charge in [0.15, 0.2) is 0 Å². The second kappa shape index (κ2) is 5.29. The maximum absolute atomic E-state index is 12.1. The van der Waals surface area contributed by atoms with E-state index in [0.29, 0.717) is 12.6 Å². The minimum atomic E-state index is 0.00255. The van der Waals surface area contributed by atoms with Crippen LogP contribution in [-0.2, 0) is 0 Å². The van der Waals surface area contributed by atoms with Crippen molar-refractivity contribution in [1.29, 1.82) is 0 Å². The number of aromatic amines is 1. The lowest BCUT2D eigenvalue weighted by atomic mass is 10.1. The Balaban J connectivity index is 1.65. The molecule has 3 rings (SSSR count). The normalized spacial score (nSPS) is 14.7. The fourth-order valence-corrected chi connectivity index (χ4v) is 2.44. The van der Waals surface area contributed by atoms with Gasteiger partial charge in [0.1, 0.15) is 0 Å². The number of aryl methyl sites for hydroxylation is 2. The van der Waals surface area contributed by atoms with Crippen molar-refractivity contribution in [3.63, 3.8) is 0 Å². The van der Waals surface area contributed by atoms with Gasteiger partial charge >= 0.3 is 0 Å². The molecule has 2 aromatic rings. The summed E-state index contributed by atoms with van der Waals surface area (Å²) in [5, 5.41) is 7.48. The molecular formula is C16H21N3O. The minimum absolute atomic E-state index is 0.00255. The first-order valence-corrected chi connectivity index (χ1v) is 7.25.